The molecule has 5 heterocycles. The Labute approximate surface area is 312 Å². The fourth-order valence-corrected chi connectivity index (χ4v) is 9.06. The Balaban J connectivity index is 1.42. The van der Waals surface area contributed by atoms with Crippen LogP contribution in [0.15, 0.2) is 28.4 Å². The van der Waals surface area contributed by atoms with Crippen LogP contribution in [-0.4, -0.2) is 97.7 Å². The summed E-state index contributed by atoms with van der Waals surface area (Å²) >= 11 is 0. The zero-order valence-electron chi connectivity index (χ0n) is 32.6. The topological polar surface area (TPSA) is 200 Å². The fraction of sp³-hybridized carbons (Fsp3) is 0.706. The van der Waals surface area contributed by atoms with Gasteiger partial charge in [-0.25, -0.2) is 24.4 Å². The molecule has 0 amide bonds. The van der Waals surface area contributed by atoms with Crippen molar-refractivity contribution >= 4 is 39.8 Å². The largest absolute Gasteiger partial charge is 0.460 e. The van der Waals surface area contributed by atoms with Crippen LogP contribution in [0.3, 0.4) is 0 Å². The van der Waals surface area contributed by atoms with E-state index in [0.29, 0.717) is 29.8 Å². The molecule has 294 valence electrons. The third kappa shape index (κ3) is 9.24. The Morgan fingerprint density at radius 1 is 1.04 bits per heavy atom. The average Bonchev–Trinajstić information content (AvgIpc) is 3.77. The predicted molar refractivity (Wildman–Crippen MR) is 201 cm³/mol. The van der Waals surface area contributed by atoms with Crippen molar-refractivity contribution in [2.45, 2.75) is 142 Å². The van der Waals surface area contributed by atoms with Crippen molar-refractivity contribution in [2.75, 3.05) is 18.9 Å². The van der Waals surface area contributed by atoms with Gasteiger partial charge in [-0.1, -0.05) is 20.8 Å². The quantitative estimate of drug-likeness (QED) is 0.131. The van der Waals surface area contributed by atoms with Crippen LogP contribution in [0.2, 0.25) is 18.1 Å². The molecule has 7 atom stereocenters. The van der Waals surface area contributed by atoms with Crippen LogP contribution >= 0.6 is 8.53 Å². The van der Waals surface area contributed by atoms with E-state index in [1.54, 1.807) is 13.3 Å². The number of fused-ring (bicyclic) bond motifs is 1. The molecule has 5 rings (SSSR count). The highest BCUT2D eigenvalue weighted by Crippen LogP contribution is 2.51. The van der Waals surface area contributed by atoms with Crippen LogP contribution < -0.4 is 17.0 Å². The van der Waals surface area contributed by atoms with Gasteiger partial charge in [0.15, 0.2) is 19.8 Å². The lowest BCUT2D eigenvalue weighted by Gasteiger charge is -2.39. The van der Waals surface area contributed by atoms with Crippen molar-refractivity contribution in [3.05, 3.63) is 45.3 Å². The molecule has 0 aliphatic carbocycles. The molecule has 1 unspecified atom stereocenters. The van der Waals surface area contributed by atoms with Crippen molar-refractivity contribution < 1.29 is 32.5 Å². The normalized spacial score (nSPS) is 24.6. The van der Waals surface area contributed by atoms with Gasteiger partial charge in [-0.3, -0.25) is 23.7 Å². The number of nitrogens with two attached hydrogens (primary N) is 1. The number of imidazole rings is 1. The number of aromatic nitrogens is 6. The number of H-pyrrole nitrogens is 1. The van der Waals surface area contributed by atoms with E-state index in [1.165, 1.54) is 24.0 Å². The summed E-state index contributed by atoms with van der Waals surface area (Å²) in [6.07, 6.45) is 1.49. The molecular weight excluding hydrogens is 723 g/mol. The zero-order valence-corrected chi connectivity index (χ0v) is 34.5. The van der Waals surface area contributed by atoms with Crippen molar-refractivity contribution in [3.63, 3.8) is 0 Å². The van der Waals surface area contributed by atoms with Gasteiger partial charge in [-0.2, -0.15) is 0 Å². The van der Waals surface area contributed by atoms with E-state index in [9.17, 15) is 14.4 Å². The van der Waals surface area contributed by atoms with E-state index >= 15 is 0 Å². The summed E-state index contributed by atoms with van der Waals surface area (Å²) in [5, 5.41) is -0.0192. The van der Waals surface area contributed by atoms with Gasteiger partial charge in [0, 0.05) is 43.6 Å². The first-order valence-corrected chi connectivity index (χ1v) is 22.1. The van der Waals surface area contributed by atoms with Gasteiger partial charge in [-0.05, 0) is 52.8 Å². The molecule has 2 fully saturated rings. The van der Waals surface area contributed by atoms with E-state index in [0.717, 1.165) is 0 Å². The number of hydrogen-bond donors (Lipinski definition) is 2. The second-order valence-electron chi connectivity index (χ2n) is 15.8. The molecule has 3 N–H and O–H groups in total. The Morgan fingerprint density at radius 3 is 2.28 bits per heavy atom. The van der Waals surface area contributed by atoms with Gasteiger partial charge in [0.25, 0.3) is 14.1 Å². The number of carbonyl (C=O) groups is 1. The Hall–Kier alpha value is -3.09. The van der Waals surface area contributed by atoms with Gasteiger partial charge < -0.3 is 33.4 Å². The maximum Gasteiger partial charge on any atom is 0.330 e. The molecule has 2 aliphatic heterocycles. The molecule has 53 heavy (non-hydrogen) atoms. The Morgan fingerprint density at radius 2 is 1.66 bits per heavy atom. The van der Waals surface area contributed by atoms with E-state index in [2.05, 4.69) is 86.2 Å². The smallest absolute Gasteiger partial charge is 0.330 e. The summed E-state index contributed by atoms with van der Waals surface area (Å²) in [6.45, 7) is 22.5. The lowest BCUT2D eigenvalue weighted by molar-refractivity contribution is -0.150. The number of nitrogens with one attached hydrogen (secondary N) is 1. The second-order valence-corrected chi connectivity index (χ2v) is 22.0. The van der Waals surface area contributed by atoms with Crippen molar-refractivity contribution in [2.24, 2.45) is 0 Å². The number of anilines is 1. The number of hydrogen-bond acceptors (Lipinski definition) is 14. The first kappa shape index (κ1) is 41.1. The first-order valence-electron chi connectivity index (χ1n) is 18.0. The van der Waals surface area contributed by atoms with E-state index in [-0.39, 0.29) is 36.0 Å². The third-order valence-electron chi connectivity index (χ3n) is 10.1. The number of carbonyl (C=O) groups excluding carboxylic acids is 1. The van der Waals surface area contributed by atoms with Gasteiger partial charge in [0.2, 0.25) is 0 Å². The maximum absolute atomic E-state index is 12.7. The number of ether oxygens (including phenoxy) is 3. The van der Waals surface area contributed by atoms with Crippen LogP contribution in [0.4, 0.5) is 5.82 Å². The molecule has 0 saturated carbocycles. The highest BCUT2D eigenvalue weighted by molar-refractivity contribution is 7.44. The maximum atomic E-state index is 12.7. The summed E-state index contributed by atoms with van der Waals surface area (Å²) in [6, 6.07) is 0.0604. The molecule has 2 saturated heterocycles. The van der Waals surface area contributed by atoms with Crippen molar-refractivity contribution in [1.82, 2.24) is 33.7 Å². The van der Waals surface area contributed by atoms with Crippen LogP contribution in [0, 0.1) is 6.92 Å². The van der Waals surface area contributed by atoms with Crippen molar-refractivity contribution in [3.8, 4) is 0 Å². The molecule has 0 bridgehead atoms. The number of aryl methyl sites for hydroxylation is 1. The third-order valence-corrected chi connectivity index (χ3v) is 16.7. The first-order chi connectivity index (χ1) is 24.8. The van der Waals surface area contributed by atoms with E-state index in [4.69, 9.17) is 33.4 Å². The minimum Gasteiger partial charge on any atom is -0.460 e. The number of nitrogens with zero attached hydrogens (tertiary/aromatic N) is 6. The molecule has 0 spiro atoms. The molecule has 0 aromatic carbocycles. The SMILES string of the molecule is CC(=O)O[C@H]1C[C@H](n2cc(C)c(=O)[nH]c2=O)O[C@@H]1COP(O[C@H]1C[C@H](n2cnc3c(N)ncnc32)O[C@@H]1CO[Si](C)(C)C(C)(C)C)N(C(C)C)C(C)C. The second kappa shape index (κ2) is 16.3. The summed E-state index contributed by atoms with van der Waals surface area (Å²) in [7, 11) is -3.92. The summed E-state index contributed by atoms with van der Waals surface area (Å²) < 4.78 is 44.3. The highest BCUT2D eigenvalue weighted by atomic mass is 31.2. The van der Waals surface area contributed by atoms with Crippen molar-refractivity contribution in [1.29, 1.82) is 0 Å². The standard InChI is InChI=1S/C34H55N8O9PSi/c1-19(2)42(20(3)4)52(46-15-25-23(48-22(6)43)12-27(49-25)40-14-21(5)32(44)39-33(40)45)51-24-13-28(41-18-38-29-30(35)36-17-37-31(29)41)50-26(24)16-47-53(10,11)34(7,8)9/h14,17-20,23-28H,12-13,15-16H2,1-11H3,(H2,35,36,37)(H,39,44,45)/t23-,24-,25+,26+,27+,28+,52?/m0/s1. The van der Waals surface area contributed by atoms with Gasteiger partial charge in [-0.15, -0.1) is 0 Å². The molecule has 17 nitrogen and oxygen atoms in total. The summed E-state index contributed by atoms with van der Waals surface area (Å²) in [5.74, 6) is -0.209. The van der Waals surface area contributed by atoms with E-state index < -0.39 is 70.9 Å². The Bertz CT molecular complexity index is 1850. The molecule has 19 heteroatoms. The van der Waals surface area contributed by atoms with Gasteiger partial charge in [0.05, 0.1) is 25.6 Å². The molecule has 3 aromatic rings. The van der Waals surface area contributed by atoms with E-state index in [1.807, 2.05) is 4.57 Å². The highest BCUT2D eigenvalue weighted by Gasteiger charge is 2.46. The lowest BCUT2D eigenvalue weighted by atomic mass is 10.2. The van der Waals surface area contributed by atoms with Crippen LogP contribution in [0.5, 0.6) is 0 Å². The average molecular weight is 779 g/mol. The minimum atomic E-state index is -2.17. The minimum absolute atomic E-state index is 0.00231. The monoisotopic (exact) mass is 778 g/mol. The Kier molecular flexibility index (Phi) is 12.7. The predicted octanol–water partition coefficient (Wildman–Crippen LogP) is 4.54. The number of aromatic amines is 1. The summed E-state index contributed by atoms with van der Waals surface area (Å²) in [5.41, 5.74) is 6.40. The van der Waals surface area contributed by atoms with Gasteiger partial charge >= 0.3 is 11.7 Å². The van der Waals surface area contributed by atoms with Gasteiger partial charge in [0.1, 0.15) is 42.6 Å². The van der Waals surface area contributed by atoms with Crippen LogP contribution in [-0.2, 0) is 32.5 Å². The molecule has 2 aliphatic rings. The lowest BCUT2D eigenvalue weighted by Crippen LogP contribution is -2.44. The number of rotatable bonds is 14. The molecule has 0 radical (unpaired) electrons. The molecule has 3 aromatic heterocycles. The van der Waals surface area contributed by atoms with Crippen LogP contribution in [0.1, 0.15) is 86.3 Å². The number of nitrogen functional groups attached to an aromatic ring is 1. The number of esters is 1. The zero-order chi connectivity index (χ0) is 39.0. The molecular formula is C34H55N8O9PSi. The summed E-state index contributed by atoms with van der Waals surface area (Å²) in [4.78, 5) is 52.2. The fourth-order valence-electron chi connectivity index (χ4n) is 6.26. The van der Waals surface area contributed by atoms with Crippen LogP contribution in [0.25, 0.3) is 11.2 Å².